The summed E-state index contributed by atoms with van der Waals surface area (Å²) >= 11 is 1.55. The van der Waals surface area contributed by atoms with E-state index in [1.165, 1.54) is 0 Å². The van der Waals surface area contributed by atoms with E-state index in [9.17, 15) is 0 Å². The Morgan fingerprint density at radius 1 is 1.40 bits per heavy atom. The summed E-state index contributed by atoms with van der Waals surface area (Å²) in [6.07, 6.45) is 1.61. The minimum atomic E-state index is 0.691. The van der Waals surface area contributed by atoms with Crippen molar-refractivity contribution in [3.05, 3.63) is 17.8 Å². The van der Waals surface area contributed by atoms with E-state index >= 15 is 0 Å². The van der Waals surface area contributed by atoms with Gasteiger partial charge in [-0.25, -0.2) is 9.97 Å². The molecule has 10 heavy (non-hydrogen) atoms. The third-order valence-electron chi connectivity index (χ3n) is 1.21. The van der Waals surface area contributed by atoms with Crippen LogP contribution in [0.25, 0.3) is 10.3 Å². The van der Waals surface area contributed by atoms with Crippen LogP contribution in [0.1, 0.15) is 0 Å². The summed E-state index contributed by atoms with van der Waals surface area (Å²) < 4.78 is 1.04. The number of hydrogen-bond acceptors (Lipinski definition) is 4. The Bertz CT molecular complexity index is 355. The molecule has 0 aliphatic rings. The molecule has 0 aliphatic carbocycles. The maximum absolute atomic E-state index is 5.50. The number of fused-ring (bicyclic) bond motifs is 1. The Balaban J connectivity index is 2.86. The predicted octanol–water partition coefficient (Wildman–Crippen LogP) is 1.27. The third kappa shape index (κ3) is 0.733. The van der Waals surface area contributed by atoms with Gasteiger partial charge in [0.1, 0.15) is 0 Å². The van der Waals surface area contributed by atoms with Gasteiger partial charge in [0.2, 0.25) is 0 Å². The number of nitrogen functional groups attached to an aromatic ring is 1. The fourth-order valence-corrected chi connectivity index (χ4v) is 1.45. The molecule has 0 saturated carbocycles. The molecule has 2 rings (SSSR count). The van der Waals surface area contributed by atoms with E-state index in [1.807, 2.05) is 6.07 Å². The summed E-state index contributed by atoms with van der Waals surface area (Å²) in [6, 6.07) is 1.88. The normalized spacial score (nSPS) is 10.4. The van der Waals surface area contributed by atoms with Gasteiger partial charge in [-0.15, -0.1) is 11.3 Å². The van der Waals surface area contributed by atoms with Crippen molar-refractivity contribution in [1.29, 1.82) is 0 Å². The van der Waals surface area contributed by atoms with E-state index in [4.69, 9.17) is 5.73 Å². The van der Waals surface area contributed by atoms with Crippen LogP contribution in [0.3, 0.4) is 0 Å². The van der Waals surface area contributed by atoms with Crippen molar-refractivity contribution in [1.82, 2.24) is 9.97 Å². The van der Waals surface area contributed by atoms with Gasteiger partial charge in [0, 0.05) is 0 Å². The minimum absolute atomic E-state index is 0.691. The Morgan fingerprint density at radius 3 is 3.20 bits per heavy atom. The van der Waals surface area contributed by atoms with Crippen LogP contribution < -0.4 is 5.73 Å². The van der Waals surface area contributed by atoms with Gasteiger partial charge in [0.15, 0.2) is 5.65 Å². The molecule has 2 aromatic heterocycles. The van der Waals surface area contributed by atoms with Crippen molar-refractivity contribution in [3.8, 4) is 0 Å². The number of rotatable bonds is 0. The monoisotopic (exact) mass is 151 g/mol. The quantitative estimate of drug-likeness (QED) is 0.617. The van der Waals surface area contributed by atoms with Crippen LogP contribution in [0, 0.1) is 0 Å². The van der Waals surface area contributed by atoms with Gasteiger partial charge in [0.05, 0.1) is 22.1 Å². The SMILES string of the molecule is Nc1cnc2ncsc2c1. The number of nitrogens with zero attached hydrogens (tertiary/aromatic N) is 2. The molecule has 2 N–H and O–H groups in total. The lowest BCUT2D eigenvalue weighted by atomic mass is 10.4. The highest BCUT2D eigenvalue weighted by Gasteiger charge is 1.95. The van der Waals surface area contributed by atoms with Crippen LogP contribution in [0.15, 0.2) is 17.8 Å². The highest BCUT2D eigenvalue weighted by Crippen LogP contribution is 2.16. The summed E-state index contributed by atoms with van der Waals surface area (Å²) in [6.45, 7) is 0. The maximum Gasteiger partial charge on any atom is 0.170 e. The van der Waals surface area contributed by atoms with E-state index in [-0.39, 0.29) is 0 Å². The molecular formula is C6H5N3S. The fourth-order valence-electron chi connectivity index (χ4n) is 0.769. The smallest absolute Gasteiger partial charge is 0.170 e. The molecular weight excluding hydrogens is 146 g/mol. The molecule has 0 fully saturated rings. The van der Waals surface area contributed by atoms with Crippen LogP contribution >= 0.6 is 11.3 Å². The summed E-state index contributed by atoms with van der Waals surface area (Å²) in [5.41, 5.74) is 8.73. The zero-order valence-corrected chi connectivity index (χ0v) is 5.93. The number of thiazole rings is 1. The highest BCUT2D eigenvalue weighted by molar-refractivity contribution is 7.16. The zero-order valence-electron chi connectivity index (χ0n) is 5.11. The van der Waals surface area contributed by atoms with Gasteiger partial charge < -0.3 is 5.73 Å². The maximum atomic E-state index is 5.50. The van der Waals surface area contributed by atoms with Gasteiger partial charge in [-0.3, -0.25) is 0 Å². The first-order chi connectivity index (χ1) is 4.86. The van der Waals surface area contributed by atoms with Crippen LogP contribution in [-0.4, -0.2) is 9.97 Å². The molecule has 2 heterocycles. The Labute approximate surface area is 61.5 Å². The molecule has 4 heteroatoms. The molecule has 0 radical (unpaired) electrons. The first-order valence-corrected chi connectivity index (χ1v) is 3.69. The second-order valence-electron chi connectivity index (χ2n) is 1.94. The Morgan fingerprint density at radius 2 is 2.30 bits per heavy atom. The number of nitrogens with two attached hydrogens (primary N) is 1. The number of anilines is 1. The molecule has 0 aromatic carbocycles. The average molecular weight is 151 g/mol. The van der Waals surface area contributed by atoms with Crippen molar-refractivity contribution in [3.63, 3.8) is 0 Å². The number of pyridine rings is 1. The highest BCUT2D eigenvalue weighted by atomic mass is 32.1. The van der Waals surface area contributed by atoms with Crippen LogP contribution in [-0.2, 0) is 0 Å². The lowest BCUT2D eigenvalue weighted by Gasteiger charge is -1.88. The van der Waals surface area contributed by atoms with Gasteiger partial charge in [0.25, 0.3) is 0 Å². The zero-order chi connectivity index (χ0) is 6.97. The van der Waals surface area contributed by atoms with Crippen molar-refractivity contribution >= 4 is 27.4 Å². The molecule has 0 spiro atoms. The van der Waals surface area contributed by atoms with Crippen molar-refractivity contribution in [2.75, 3.05) is 5.73 Å². The fraction of sp³-hybridized carbons (Fsp3) is 0. The predicted molar refractivity (Wildman–Crippen MR) is 41.8 cm³/mol. The Kier molecular flexibility index (Phi) is 1.07. The lowest BCUT2D eigenvalue weighted by molar-refractivity contribution is 1.33. The van der Waals surface area contributed by atoms with Gasteiger partial charge in [-0.1, -0.05) is 0 Å². The summed E-state index contributed by atoms with van der Waals surface area (Å²) in [5.74, 6) is 0. The van der Waals surface area contributed by atoms with Crippen LogP contribution in [0.4, 0.5) is 5.69 Å². The average Bonchev–Trinajstić information content (AvgIpc) is 2.33. The molecule has 3 nitrogen and oxygen atoms in total. The summed E-state index contributed by atoms with van der Waals surface area (Å²) in [5, 5.41) is 0. The third-order valence-corrected chi connectivity index (χ3v) is 1.97. The first-order valence-electron chi connectivity index (χ1n) is 2.81. The summed E-state index contributed by atoms with van der Waals surface area (Å²) in [4.78, 5) is 8.03. The van der Waals surface area contributed by atoms with Crippen LogP contribution in [0.2, 0.25) is 0 Å². The first kappa shape index (κ1) is 5.61. The topological polar surface area (TPSA) is 51.8 Å². The number of hydrogen-bond donors (Lipinski definition) is 1. The molecule has 0 saturated heterocycles. The van der Waals surface area contributed by atoms with Gasteiger partial charge >= 0.3 is 0 Å². The van der Waals surface area contributed by atoms with E-state index < -0.39 is 0 Å². The molecule has 0 amide bonds. The molecule has 2 aromatic rings. The second kappa shape index (κ2) is 1.91. The lowest BCUT2D eigenvalue weighted by Crippen LogP contribution is -1.84. The largest absolute Gasteiger partial charge is 0.397 e. The molecule has 0 unspecified atom stereocenters. The molecule has 0 aliphatic heterocycles. The Hall–Kier alpha value is -1.16. The van der Waals surface area contributed by atoms with E-state index in [0.29, 0.717) is 5.69 Å². The van der Waals surface area contributed by atoms with Gasteiger partial charge in [-0.05, 0) is 6.07 Å². The standard InChI is InChI=1S/C6H5N3S/c7-4-1-5-6(8-2-4)9-3-10-5/h1-3H,7H2. The van der Waals surface area contributed by atoms with E-state index in [2.05, 4.69) is 9.97 Å². The second-order valence-corrected chi connectivity index (χ2v) is 2.83. The minimum Gasteiger partial charge on any atom is -0.397 e. The van der Waals surface area contributed by atoms with Gasteiger partial charge in [-0.2, -0.15) is 0 Å². The van der Waals surface area contributed by atoms with Crippen LogP contribution in [0.5, 0.6) is 0 Å². The number of aromatic nitrogens is 2. The molecule has 0 atom stereocenters. The van der Waals surface area contributed by atoms with E-state index in [1.54, 1.807) is 23.0 Å². The van der Waals surface area contributed by atoms with Crippen molar-refractivity contribution in [2.24, 2.45) is 0 Å². The van der Waals surface area contributed by atoms with Crippen molar-refractivity contribution < 1.29 is 0 Å². The molecule has 0 bridgehead atoms. The summed E-state index contributed by atoms with van der Waals surface area (Å²) in [7, 11) is 0. The van der Waals surface area contributed by atoms with E-state index in [0.717, 1.165) is 10.3 Å². The molecule has 50 valence electrons. The van der Waals surface area contributed by atoms with Crippen molar-refractivity contribution in [2.45, 2.75) is 0 Å².